The van der Waals surface area contributed by atoms with Gasteiger partial charge in [0.05, 0.1) is 6.61 Å². The van der Waals surface area contributed by atoms with E-state index < -0.39 is 0 Å². The van der Waals surface area contributed by atoms with Crippen LogP contribution in [0.15, 0.2) is 18.2 Å². The van der Waals surface area contributed by atoms with Crippen molar-refractivity contribution >= 4 is 5.69 Å². The van der Waals surface area contributed by atoms with Crippen molar-refractivity contribution in [3.63, 3.8) is 0 Å². The lowest BCUT2D eigenvalue weighted by Gasteiger charge is -2.21. The summed E-state index contributed by atoms with van der Waals surface area (Å²) in [7, 11) is 0. The van der Waals surface area contributed by atoms with E-state index in [1.165, 1.54) is 44.2 Å². The van der Waals surface area contributed by atoms with Crippen LogP contribution in [-0.2, 0) is 11.3 Å². The minimum atomic E-state index is -0.290. The van der Waals surface area contributed by atoms with E-state index in [1.54, 1.807) is 6.07 Å². The van der Waals surface area contributed by atoms with Gasteiger partial charge in [0.25, 0.3) is 0 Å². The number of benzene rings is 1. The lowest BCUT2D eigenvalue weighted by molar-refractivity contribution is 0.0738. The summed E-state index contributed by atoms with van der Waals surface area (Å²) in [6.45, 7) is 1.24. The second-order valence-electron chi connectivity index (χ2n) is 4.91. The first kappa shape index (κ1) is 12.4. The van der Waals surface area contributed by atoms with Gasteiger partial charge in [-0.25, -0.2) is 4.39 Å². The molecule has 1 aromatic carbocycles. The number of nitrogens with two attached hydrogens (primary N) is 1. The molecule has 1 aromatic rings. The topological polar surface area (TPSA) is 35.2 Å². The predicted molar refractivity (Wildman–Crippen MR) is 67.0 cm³/mol. The van der Waals surface area contributed by atoms with Crippen LogP contribution in [-0.4, -0.2) is 6.61 Å². The van der Waals surface area contributed by atoms with Gasteiger partial charge in [0.2, 0.25) is 0 Å². The van der Waals surface area contributed by atoms with Crippen molar-refractivity contribution in [1.82, 2.24) is 0 Å². The highest BCUT2D eigenvalue weighted by atomic mass is 19.1. The Morgan fingerprint density at radius 2 is 1.94 bits per heavy atom. The second-order valence-corrected chi connectivity index (χ2v) is 4.91. The SMILES string of the molecule is Nc1cc(F)cc(COCC2CCCCC2)c1. The fourth-order valence-corrected chi connectivity index (χ4v) is 2.46. The summed E-state index contributed by atoms with van der Waals surface area (Å²) in [4.78, 5) is 0. The standard InChI is InChI=1S/C14H20FNO/c15-13-6-12(7-14(16)8-13)10-17-9-11-4-2-1-3-5-11/h6-8,11H,1-5,9-10,16H2. The molecule has 1 aliphatic carbocycles. The van der Waals surface area contributed by atoms with Crippen LogP contribution in [0.4, 0.5) is 10.1 Å². The minimum Gasteiger partial charge on any atom is -0.399 e. The average molecular weight is 237 g/mol. The van der Waals surface area contributed by atoms with Crippen LogP contribution in [0.5, 0.6) is 0 Å². The summed E-state index contributed by atoms with van der Waals surface area (Å²) in [6.07, 6.45) is 6.54. The fraction of sp³-hybridized carbons (Fsp3) is 0.571. The summed E-state index contributed by atoms with van der Waals surface area (Å²) in [5.74, 6) is 0.399. The molecule has 0 heterocycles. The molecule has 2 nitrogen and oxygen atoms in total. The van der Waals surface area contributed by atoms with Gasteiger partial charge in [0.1, 0.15) is 5.82 Å². The van der Waals surface area contributed by atoms with Gasteiger partial charge in [-0.2, -0.15) is 0 Å². The van der Waals surface area contributed by atoms with Gasteiger partial charge in [0.15, 0.2) is 0 Å². The Morgan fingerprint density at radius 3 is 2.65 bits per heavy atom. The first-order valence-electron chi connectivity index (χ1n) is 6.37. The molecule has 0 amide bonds. The lowest BCUT2D eigenvalue weighted by Crippen LogP contribution is -2.13. The van der Waals surface area contributed by atoms with Gasteiger partial charge in [-0.1, -0.05) is 19.3 Å². The monoisotopic (exact) mass is 237 g/mol. The van der Waals surface area contributed by atoms with Crippen LogP contribution in [0, 0.1) is 11.7 Å². The van der Waals surface area contributed by atoms with E-state index in [0.29, 0.717) is 18.2 Å². The summed E-state index contributed by atoms with van der Waals surface area (Å²) in [5, 5.41) is 0. The molecule has 0 saturated heterocycles. The lowest BCUT2D eigenvalue weighted by atomic mass is 9.90. The summed E-state index contributed by atoms with van der Waals surface area (Å²) >= 11 is 0. The minimum absolute atomic E-state index is 0.290. The van der Waals surface area contributed by atoms with E-state index in [9.17, 15) is 4.39 Å². The van der Waals surface area contributed by atoms with Gasteiger partial charge < -0.3 is 10.5 Å². The van der Waals surface area contributed by atoms with Crippen LogP contribution in [0.2, 0.25) is 0 Å². The maximum absolute atomic E-state index is 13.1. The largest absolute Gasteiger partial charge is 0.399 e. The van der Waals surface area contributed by atoms with Crippen LogP contribution >= 0.6 is 0 Å². The number of halogens is 1. The van der Waals surface area contributed by atoms with Gasteiger partial charge in [-0.05, 0) is 42.5 Å². The van der Waals surface area contributed by atoms with Gasteiger partial charge in [-0.15, -0.1) is 0 Å². The molecule has 0 bridgehead atoms. The van der Waals surface area contributed by atoms with Crippen LogP contribution < -0.4 is 5.73 Å². The maximum atomic E-state index is 13.1. The zero-order chi connectivity index (χ0) is 12.1. The Morgan fingerprint density at radius 1 is 1.18 bits per heavy atom. The zero-order valence-electron chi connectivity index (χ0n) is 10.1. The van der Waals surface area contributed by atoms with Crippen LogP contribution in [0.1, 0.15) is 37.7 Å². The average Bonchev–Trinajstić information content (AvgIpc) is 2.29. The summed E-state index contributed by atoms with van der Waals surface area (Å²) in [5.41, 5.74) is 6.86. The van der Waals surface area contributed by atoms with Gasteiger partial charge in [-0.3, -0.25) is 0 Å². The Labute approximate surface area is 102 Å². The molecule has 0 atom stereocenters. The highest BCUT2D eigenvalue weighted by molar-refractivity contribution is 5.41. The molecule has 2 N–H and O–H groups in total. The van der Waals surface area contributed by atoms with E-state index >= 15 is 0 Å². The molecule has 1 aliphatic rings. The first-order chi connectivity index (χ1) is 8.24. The smallest absolute Gasteiger partial charge is 0.125 e. The molecule has 0 aromatic heterocycles. The Kier molecular flexibility index (Phi) is 4.37. The summed E-state index contributed by atoms with van der Waals surface area (Å²) in [6, 6.07) is 4.58. The van der Waals surface area contributed by atoms with Crippen molar-refractivity contribution in [1.29, 1.82) is 0 Å². The van der Waals surface area contributed by atoms with Crippen LogP contribution in [0.3, 0.4) is 0 Å². The van der Waals surface area contributed by atoms with Crippen molar-refractivity contribution in [2.24, 2.45) is 5.92 Å². The molecule has 1 fully saturated rings. The Bertz CT molecular complexity index is 341. The van der Waals surface area contributed by atoms with E-state index in [2.05, 4.69) is 0 Å². The predicted octanol–water partition coefficient (Wildman–Crippen LogP) is 3.50. The van der Waals surface area contributed by atoms with Gasteiger partial charge >= 0.3 is 0 Å². The fourth-order valence-electron chi connectivity index (χ4n) is 2.46. The third-order valence-electron chi connectivity index (χ3n) is 3.33. The number of nitrogen functional groups attached to an aromatic ring is 1. The molecule has 0 spiro atoms. The molecule has 3 heteroatoms. The van der Waals surface area contributed by atoms with Gasteiger partial charge in [0, 0.05) is 12.3 Å². The first-order valence-corrected chi connectivity index (χ1v) is 6.37. The van der Waals surface area contributed by atoms with Crippen molar-refractivity contribution in [3.05, 3.63) is 29.6 Å². The van der Waals surface area contributed by atoms with E-state index in [0.717, 1.165) is 12.2 Å². The number of ether oxygens (including phenoxy) is 1. The number of hydrogen-bond donors (Lipinski definition) is 1. The van der Waals surface area contributed by atoms with E-state index in [4.69, 9.17) is 10.5 Å². The van der Waals surface area contributed by atoms with Crippen molar-refractivity contribution in [3.8, 4) is 0 Å². The van der Waals surface area contributed by atoms with E-state index in [1.807, 2.05) is 0 Å². The van der Waals surface area contributed by atoms with Crippen molar-refractivity contribution in [2.45, 2.75) is 38.7 Å². The van der Waals surface area contributed by atoms with Crippen LogP contribution in [0.25, 0.3) is 0 Å². The Hall–Kier alpha value is -1.09. The molecule has 1 saturated carbocycles. The molecule has 2 rings (SSSR count). The highest BCUT2D eigenvalue weighted by Gasteiger charge is 2.13. The van der Waals surface area contributed by atoms with Crippen molar-refractivity contribution < 1.29 is 9.13 Å². The van der Waals surface area contributed by atoms with E-state index in [-0.39, 0.29) is 5.82 Å². The molecular formula is C14H20FNO. The summed E-state index contributed by atoms with van der Waals surface area (Å²) < 4.78 is 18.7. The normalized spacial score (nSPS) is 17.2. The second kappa shape index (κ2) is 6.01. The quantitative estimate of drug-likeness (QED) is 0.813. The molecule has 94 valence electrons. The highest BCUT2D eigenvalue weighted by Crippen LogP contribution is 2.24. The molecule has 17 heavy (non-hydrogen) atoms. The maximum Gasteiger partial charge on any atom is 0.125 e. The molecule has 0 radical (unpaired) electrons. The number of rotatable bonds is 4. The molecular weight excluding hydrogens is 217 g/mol. The number of anilines is 1. The third kappa shape index (κ3) is 4.00. The zero-order valence-corrected chi connectivity index (χ0v) is 10.1. The number of hydrogen-bond acceptors (Lipinski definition) is 2. The Balaban J connectivity index is 1.77. The molecule has 0 unspecified atom stereocenters. The van der Waals surface area contributed by atoms with Crippen molar-refractivity contribution in [2.75, 3.05) is 12.3 Å². The third-order valence-corrected chi connectivity index (χ3v) is 3.33. The molecule has 0 aliphatic heterocycles.